The zero-order valence-corrected chi connectivity index (χ0v) is 19.7. The summed E-state index contributed by atoms with van der Waals surface area (Å²) in [5.74, 6) is 1.55. The summed E-state index contributed by atoms with van der Waals surface area (Å²) in [7, 11) is 0. The lowest BCUT2D eigenvalue weighted by Gasteiger charge is -2.24. The maximum Gasteiger partial charge on any atom is 0.246 e. The van der Waals surface area contributed by atoms with E-state index in [9.17, 15) is 4.79 Å². The number of hydrogen-bond acceptors (Lipinski definition) is 3. The standard InChI is InChI=1S/C30H22ClNO3/c31-24-11-6-12-25-28(24)30(18-35-27-16-26-20(13-14-34-26)15-23(27)30)29(33)32(25)17-21-9-4-5-10-22(21)19-7-2-1-3-8-19/h1-12,15-16H,13-14,17-18H2. The summed E-state index contributed by atoms with van der Waals surface area (Å²) in [5.41, 5.74) is 6.05. The van der Waals surface area contributed by atoms with Crippen LogP contribution in [0.25, 0.3) is 11.1 Å². The second-order valence-electron chi connectivity index (χ2n) is 9.30. The molecule has 0 bridgehead atoms. The highest BCUT2D eigenvalue weighted by atomic mass is 35.5. The van der Waals surface area contributed by atoms with Crippen LogP contribution in [0, 0.1) is 0 Å². The first-order valence-corrected chi connectivity index (χ1v) is 12.2. The average Bonchev–Trinajstić information content (AvgIpc) is 3.56. The monoisotopic (exact) mass is 479 g/mol. The molecule has 0 fully saturated rings. The molecule has 1 atom stereocenters. The number of ether oxygens (including phenoxy) is 2. The number of halogens is 1. The molecule has 3 heterocycles. The number of amides is 1. The van der Waals surface area contributed by atoms with Crippen LogP contribution in [0.4, 0.5) is 5.69 Å². The highest BCUT2D eigenvalue weighted by Crippen LogP contribution is 2.56. The number of carbonyl (C=O) groups excluding carboxylic acids is 1. The van der Waals surface area contributed by atoms with Crippen LogP contribution in [0.5, 0.6) is 11.5 Å². The maximum atomic E-state index is 14.4. The van der Waals surface area contributed by atoms with Gasteiger partial charge >= 0.3 is 0 Å². The molecule has 1 amide bonds. The van der Waals surface area contributed by atoms with Crippen molar-refractivity contribution >= 4 is 23.2 Å². The van der Waals surface area contributed by atoms with Crippen molar-refractivity contribution in [3.8, 4) is 22.6 Å². The third-order valence-electron chi connectivity index (χ3n) is 7.45. The molecule has 172 valence electrons. The van der Waals surface area contributed by atoms with Gasteiger partial charge in [0.05, 0.1) is 18.8 Å². The average molecular weight is 480 g/mol. The summed E-state index contributed by atoms with van der Waals surface area (Å²) >= 11 is 6.82. The van der Waals surface area contributed by atoms with Crippen LogP contribution in [0.2, 0.25) is 5.02 Å². The summed E-state index contributed by atoms with van der Waals surface area (Å²) in [6.07, 6.45) is 0.830. The van der Waals surface area contributed by atoms with E-state index in [1.807, 2.05) is 59.5 Å². The van der Waals surface area contributed by atoms with Gasteiger partial charge in [0.25, 0.3) is 0 Å². The minimum absolute atomic E-state index is 0.00100. The Morgan fingerprint density at radius 1 is 0.886 bits per heavy atom. The predicted octanol–water partition coefficient (Wildman–Crippen LogP) is 6.17. The summed E-state index contributed by atoms with van der Waals surface area (Å²) in [5, 5.41) is 0.586. The van der Waals surface area contributed by atoms with Crippen molar-refractivity contribution in [2.45, 2.75) is 18.4 Å². The predicted molar refractivity (Wildman–Crippen MR) is 136 cm³/mol. The third-order valence-corrected chi connectivity index (χ3v) is 7.76. The van der Waals surface area contributed by atoms with Gasteiger partial charge in [-0.05, 0) is 40.5 Å². The molecule has 0 radical (unpaired) electrons. The van der Waals surface area contributed by atoms with Gasteiger partial charge in [0.15, 0.2) is 0 Å². The van der Waals surface area contributed by atoms with Crippen molar-refractivity contribution in [2.24, 2.45) is 0 Å². The zero-order valence-electron chi connectivity index (χ0n) is 19.0. The Morgan fingerprint density at radius 3 is 2.60 bits per heavy atom. The van der Waals surface area contributed by atoms with E-state index in [1.165, 1.54) is 0 Å². The lowest BCUT2D eigenvalue weighted by Crippen LogP contribution is -2.42. The van der Waals surface area contributed by atoms with E-state index >= 15 is 0 Å². The Balaban J connectivity index is 1.38. The Labute approximate surface area is 208 Å². The smallest absolute Gasteiger partial charge is 0.246 e. The van der Waals surface area contributed by atoms with Crippen LogP contribution >= 0.6 is 11.6 Å². The summed E-state index contributed by atoms with van der Waals surface area (Å²) in [6.45, 7) is 1.33. The van der Waals surface area contributed by atoms with Gasteiger partial charge in [0.1, 0.15) is 23.5 Å². The second kappa shape index (κ2) is 7.62. The van der Waals surface area contributed by atoms with Crippen LogP contribution in [0.15, 0.2) is 84.9 Å². The van der Waals surface area contributed by atoms with Crippen LogP contribution in [-0.4, -0.2) is 19.1 Å². The van der Waals surface area contributed by atoms with E-state index in [-0.39, 0.29) is 12.5 Å². The fourth-order valence-electron chi connectivity index (χ4n) is 5.80. The van der Waals surface area contributed by atoms with Crippen molar-refractivity contribution in [3.05, 3.63) is 112 Å². The number of hydrogen-bond donors (Lipinski definition) is 0. The molecular weight excluding hydrogens is 458 g/mol. The van der Waals surface area contributed by atoms with Gasteiger partial charge in [-0.25, -0.2) is 0 Å². The van der Waals surface area contributed by atoms with E-state index in [4.69, 9.17) is 21.1 Å². The van der Waals surface area contributed by atoms with Gasteiger partial charge in [-0.2, -0.15) is 0 Å². The minimum Gasteiger partial charge on any atom is -0.493 e. The molecule has 35 heavy (non-hydrogen) atoms. The van der Waals surface area contributed by atoms with E-state index in [2.05, 4.69) is 30.3 Å². The molecule has 1 unspecified atom stereocenters. The molecule has 3 aliphatic heterocycles. The molecule has 5 heteroatoms. The molecule has 4 nitrogen and oxygen atoms in total. The summed E-state index contributed by atoms with van der Waals surface area (Å²) in [6, 6.07) is 28.3. The van der Waals surface area contributed by atoms with Crippen molar-refractivity contribution in [2.75, 3.05) is 18.1 Å². The lowest BCUT2D eigenvalue weighted by atomic mass is 9.76. The molecule has 0 N–H and O–H groups in total. The first-order valence-electron chi connectivity index (χ1n) is 11.8. The molecule has 4 aromatic rings. The third kappa shape index (κ3) is 2.90. The summed E-state index contributed by atoms with van der Waals surface area (Å²) < 4.78 is 11.9. The molecule has 0 saturated heterocycles. The van der Waals surface area contributed by atoms with Gasteiger partial charge in [-0.3, -0.25) is 4.79 Å². The molecular formula is C30H22ClNO3. The van der Waals surface area contributed by atoms with Crippen LogP contribution in [0.3, 0.4) is 0 Å². The fourth-order valence-corrected chi connectivity index (χ4v) is 6.13. The largest absolute Gasteiger partial charge is 0.493 e. The van der Waals surface area contributed by atoms with E-state index < -0.39 is 5.41 Å². The molecule has 4 aromatic carbocycles. The Morgan fingerprint density at radius 2 is 1.71 bits per heavy atom. The number of anilines is 1. The molecule has 0 saturated carbocycles. The van der Waals surface area contributed by atoms with Crippen LogP contribution < -0.4 is 14.4 Å². The normalized spacial score (nSPS) is 19.3. The summed E-state index contributed by atoms with van der Waals surface area (Å²) in [4.78, 5) is 16.3. The number of nitrogens with zero attached hydrogens (tertiary/aromatic N) is 1. The second-order valence-corrected chi connectivity index (χ2v) is 9.70. The fraction of sp³-hybridized carbons (Fsp3) is 0.167. The van der Waals surface area contributed by atoms with Crippen molar-refractivity contribution in [3.63, 3.8) is 0 Å². The van der Waals surface area contributed by atoms with Crippen molar-refractivity contribution < 1.29 is 14.3 Å². The van der Waals surface area contributed by atoms with E-state index in [1.54, 1.807) is 0 Å². The van der Waals surface area contributed by atoms with E-state index in [0.717, 1.165) is 51.2 Å². The topological polar surface area (TPSA) is 38.8 Å². The number of rotatable bonds is 3. The lowest BCUT2D eigenvalue weighted by molar-refractivity contribution is -0.122. The maximum absolute atomic E-state index is 14.4. The van der Waals surface area contributed by atoms with Gasteiger partial charge in [-0.15, -0.1) is 0 Å². The van der Waals surface area contributed by atoms with Gasteiger partial charge in [0.2, 0.25) is 5.91 Å². The number of fused-ring (bicyclic) bond motifs is 5. The quantitative estimate of drug-likeness (QED) is 0.353. The Hall–Kier alpha value is -3.76. The van der Waals surface area contributed by atoms with E-state index in [0.29, 0.717) is 23.9 Å². The molecule has 0 aromatic heterocycles. The van der Waals surface area contributed by atoms with Gasteiger partial charge in [0, 0.05) is 28.6 Å². The molecule has 1 spiro atoms. The molecule has 3 aliphatic rings. The first kappa shape index (κ1) is 20.6. The number of carbonyl (C=O) groups is 1. The Bertz CT molecular complexity index is 1500. The first-order chi connectivity index (χ1) is 17.2. The zero-order chi connectivity index (χ0) is 23.6. The van der Waals surface area contributed by atoms with Crippen LogP contribution in [-0.2, 0) is 23.2 Å². The Kier molecular flexibility index (Phi) is 4.49. The van der Waals surface area contributed by atoms with Gasteiger partial charge < -0.3 is 14.4 Å². The SMILES string of the molecule is O=C1N(Cc2ccccc2-c2ccccc2)c2cccc(Cl)c2C12COc1cc3c(cc12)CCO3. The van der Waals surface area contributed by atoms with Crippen molar-refractivity contribution in [1.29, 1.82) is 0 Å². The molecule has 7 rings (SSSR count). The highest BCUT2D eigenvalue weighted by Gasteiger charge is 2.58. The minimum atomic E-state index is -0.956. The van der Waals surface area contributed by atoms with Crippen LogP contribution in [0.1, 0.15) is 22.3 Å². The van der Waals surface area contributed by atoms with Crippen molar-refractivity contribution in [1.82, 2.24) is 0 Å². The highest BCUT2D eigenvalue weighted by molar-refractivity contribution is 6.33. The molecule has 0 aliphatic carbocycles. The number of benzene rings is 4. The van der Waals surface area contributed by atoms with Gasteiger partial charge in [-0.1, -0.05) is 72.3 Å².